The molecule has 0 radical (unpaired) electrons. The fraction of sp³-hybridized carbons (Fsp3) is 0.722. The molecule has 0 aromatic carbocycles. The van der Waals surface area contributed by atoms with Crippen molar-refractivity contribution in [3.63, 3.8) is 0 Å². The van der Waals surface area contributed by atoms with E-state index in [2.05, 4.69) is 15.3 Å². The molecule has 2 bridgehead atoms. The number of fused-ring (bicyclic) bond motifs is 5. The molecule has 3 N–H and O–H groups in total. The van der Waals surface area contributed by atoms with E-state index in [0.717, 1.165) is 24.2 Å². The van der Waals surface area contributed by atoms with E-state index in [0.29, 0.717) is 29.6 Å². The minimum Gasteiger partial charge on any atom is -0.353 e. The second kappa shape index (κ2) is 5.90. The van der Waals surface area contributed by atoms with Gasteiger partial charge in [0.05, 0.1) is 0 Å². The second-order valence-electron chi connectivity index (χ2n) is 7.84. The summed E-state index contributed by atoms with van der Waals surface area (Å²) in [7, 11) is 0. The molecule has 5 atom stereocenters. The van der Waals surface area contributed by atoms with Crippen LogP contribution in [-0.2, 0) is 11.2 Å². The zero-order valence-electron chi connectivity index (χ0n) is 14.1. The molecule has 5 unspecified atom stereocenters. The van der Waals surface area contributed by atoms with Gasteiger partial charge < -0.3 is 10.3 Å². The molecule has 4 rings (SSSR count). The third-order valence-electron chi connectivity index (χ3n) is 6.63. The van der Waals surface area contributed by atoms with Crippen molar-refractivity contribution in [2.75, 3.05) is 0 Å². The number of hydrogen-bond donors (Lipinski definition) is 3. The Morgan fingerprint density at radius 2 is 1.92 bits per heavy atom. The predicted molar refractivity (Wildman–Crippen MR) is 89.7 cm³/mol. The topological polar surface area (TPSA) is 94.8 Å². The predicted octanol–water partition coefficient (Wildman–Crippen LogP) is 1.25. The van der Waals surface area contributed by atoms with E-state index >= 15 is 0 Å². The van der Waals surface area contributed by atoms with Gasteiger partial charge in [-0.15, -0.1) is 0 Å². The molecule has 3 aliphatic carbocycles. The fourth-order valence-electron chi connectivity index (χ4n) is 5.68. The molecule has 6 nitrogen and oxygen atoms in total. The van der Waals surface area contributed by atoms with Crippen molar-refractivity contribution < 1.29 is 4.79 Å². The molecule has 3 aliphatic rings. The minimum absolute atomic E-state index is 0.0205. The molecule has 0 aliphatic heterocycles. The molecule has 1 heterocycles. The van der Waals surface area contributed by atoms with E-state index in [-0.39, 0.29) is 12.3 Å². The monoisotopic (exact) mass is 331 g/mol. The number of nitrogens with one attached hydrogen (secondary N) is 3. The van der Waals surface area contributed by atoms with Gasteiger partial charge in [0.15, 0.2) is 0 Å². The van der Waals surface area contributed by atoms with Crippen molar-refractivity contribution >= 4 is 5.91 Å². The first-order valence-electron chi connectivity index (χ1n) is 9.14. The van der Waals surface area contributed by atoms with Gasteiger partial charge in [0, 0.05) is 23.7 Å². The molecule has 0 spiro atoms. The van der Waals surface area contributed by atoms with Gasteiger partial charge in [0.2, 0.25) is 5.91 Å². The second-order valence-corrected chi connectivity index (χ2v) is 7.84. The van der Waals surface area contributed by atoms with Gasteiger partial charge in [0.25, 0.3) is 5.56 Å². The molecule has 3 fully saturated rings. The van der Waals surface area contributed by atoms with Crippen LogP contribution in [0.5, 0.6) is 0 Å². The number of hydrogen-bond acceptors (Lipinski definition) is 3. The lowest BCUT2D eigenvalue weighted by atomic mass is 9.79. The Labute approximate surface area is 140 Å². The maximum Gasteiger partial charge on any atom is 0.325 e. The van der Waals surface area contributed by atoms with Crippen LogP contribution in [0.3, 0.4) is 0 Å². The molecule has 1 aromatic heterocycles. The smallest absolute Gasteiger partial charge is 0.325 e. The molecular formula is C18H25N3O3. The lowest BCUT2D eigenvalue weighted by molar-refractivity contribution is -0.122. The quantitative estimate of drug-likeness (QED) is 0.775. The highest BCUT2D eigenvalue weighted by molar-refractivity contribution is 5.76. The number of rotatable bonds is 4. The third kappa shape index (κ3) is 2.62. The normalized spacial score (nSPS) is 33.6. The maximum absolute atomic E-state index is 12.3. The Balaban J connectivity index is 1.35. The summed E-state index contributed by atoms with van der Waals surface area (Å²) >= 11 is 0. The van der Waals surface area contributed by atoms with Crippen molar-refractivity contribution in [1.82, 2.24) is 15.3 Å². The summed E-state index contributed by atoms with van der Waals surface area (Å²) < 4.78 is 0. The Morgan fingerprint density at radius 1 is 1.12 bits per heavy atom. The van der Waals surface area contributed by atoms with E-state index in [9.17, 15) is 14.4 Å². The van der Waals surface area contributed by atoms with Crippen LogP contribution in [0.2, 0.25) is 0 Å². The van der Waals surface area contributed by atoms with Gasteiger partial charge in [-0.2, -0.15) is 0 Å². The van der Waals surface area contributed by atoms with Gasteiger partial charge in [-0.05, 0) is 62.7 Å². The van der Waals surface area contributed by atoms with Crippen molar-refractivity contribution in [3.05, 3.63) is 32.1 Å². The van der Waals surface area contributed by atoms with Crippen molar-refractivity contribution in [2.45, 2.75) is 57.9 Å². The molecule has 3 saturated carbocycles. The van der Waals surface area contributed by atoms with E-state index < -0.39 is 11.2 Å². The van der Waals surface area contributed by atoms with E-state index in [4.69, 9.17) is 0 Å². The molecule has 6 heteroatoms. The summed E-state index contributed by atoms with van der Waals surface area (Å²) in [5.74, 6) is 3.26. The van der Waals surface area contributed by atoms with Crippen LogP contribution in [0.4, 0.5) is 0 Å². The Hall–Kier alpha value is -1.85. The lowest BCUT2D eigenvalue weighted by Gasteiger charge is -2.32. The summed E-state index contributed by atoms with van der Waals surface area (Å²) in [4.78, 5) is 40.2. The summed E-state index contributed by atoms with van der Waals surface area (Å²) in [6.45, 7) is 1.69. The average molecular weight is 331 g/mol. The summed E-state index contributed by atoms with van der Waals surface area (Å²) in [6.07, 6.45) is 7.16. The van der Waals surface area contributed by atoms with Crippen LogP contribution in [0.25, 0.3) is 0 Å². The number of aromatic nitrogens is 2. The van der Waals surface area contributed by atoms with Crippen LogP contribution < -0.4 is 16.6 Å². The Kier molecular flexibility index (Phi) is 3.85. The minimum atomic E-state index is -0.501. The standard InChI is InChI=1S/C18H25N3O3/c1-9-11(17(23)21-18(24)19-9)5-6-16(22)20-15-8-10-7-14(15)13-4-2-3-12(10)13/h10,12-15H,2-8H2,1H3,(H,20,22)(H2,19,21,23,24). The molecule has 1 amide bonds. The van der Waals surface area contributed by atoms with Crippen LogP contribution in [0.1, 0.15) is 49.8 Å². The van der Waals surface area contributed by atoms with Crippen molar-refractivity contribution in [2.24, 2.45) is 23.7 Å². The largest absolute Gasteiger partial charge is 0.353 e. The average Bonchev–Trinajstić information content (AvgIpc) is 3.18. The van der Waals surface area contributed by atoms with E-state index in [1.165, 1.54) is 25.7 Å². The van der Waals surface area contributed by atoms with Crippen LogP contribution in [0.15, 0.2) is 9.59 Å². The first kappa shape index (κ1) is 15.7. The van der Waals surface area contributed by atoms with Gasteiger partial charge in [-0.1, -0.05) is 6.42 Å². The summed E-state index contributed by atoms with van der Waals surface area (Å²) in [5.41, 5.74) is 0.149. The SMILES string of the molecule is Cc1[nH]c(=O)[nH]c(=O)c1CCC(=O)NC1CC2CC1C1CCCC21. The number of carbonyl (C=O) groups excluding carboxylic acids is 1. The Bertz CT molecular complexity index is 766. The highest BCUT2D eigenvalue weighted by Crippen LogP contribution is 2.58. The molecule has 130 valence electrons. The zero-order chi connectivity index (χ0) is 16.8. The third-order valence-corrected chi connectivity index (χ3v) is 6.63. The van der Waals surface area contributed by atoms with Crippen LogP contribution in [-0.4, -0.2) is 21.9 Å². The molecular weight excluding hydrogens is 306 g/mol. The number of aromatic amines is 2. The lowest BCUT2D eigenvalue weighted by Crippen LogP contribution is -2.42. The first-order valence-corrected chi connectivity index (χ1v) is 9.14. The van der Waals surface area contributed by atoms with Gasteiger partial charge in [-0.3, -0.25) is 14.6 Å². The van der Waals surface area contributed by atoms with E-state index in [1.54, 1.807) is 6.92 Å². The zero-order valence-corrected chi connectivity index (χ0v) is 14.1. The van der Waals surface area contributed by atoms with Crippen LogP contribution >= 0.6 is 0 Å². The number of amides is 1. The highest BCUT2D eigenvalue weighted by atomic mass is 16.2. The van der Waals surface area contributed by atoms with Crippen molar-refractivity contribution in [1.29, 1.82) is 0 Å². The highest BCUT2D eigenvalue weighted by Gasteiger charge is 2.53. The number of aryl methyl sites for hydroxylation is 1. The number of H-pyrrole nitrogens is 2. The van der Waals surface area contributed by atoms with Gasteiger partial charge in [-0.25, -0.2) is 4.79 Å². The Morgan fingerprint density at radius 3 is 2.71 bits per heavy atom. The van der Waals surface area contributed by atoms with Gasteiger partial charge in [0.1, 0.15) is 0 Å². The fourth-order valence-corrected chi connectivity index (χ4v) is 5.68. The van der Waals surface area contributed by atoms with Crippen molar-refractivity contribution in [3.8, 4) is 0 Å². The van der Waals surface area contributed by atoms with Gasteiger partial charge >= 0.3 is 5.69 Å². The molecule has 1 aromatic rings. The molecule has 0 saturated heterocycles. The summed E-state index contributed by atoms with van der Waals surface area (Å²) in [6, 6.07) is 0.330. The van der Waals surface area contributed by atoms with E-state index in [1.807, 2.05) is 0 Å². The van der Waals surface area contributed by atoms with Crippen LogP contribution in [0, 0.1) is 30.6 Å². The molecule has 24 heavy (non-hydrogen) atoms. The summed E-state index contributed by atoms with van der Waals surface area (Å²) in [5, 5.41) is 3.22. The maximum atomic E-state index is 12.3. The number of carbonyl (C=O) groups is 1. The first-order chi connectivity index (χ1) is 11.5.